The summed E-state index contributed by atoms with van der Waals surface area (Å²) in [6.45, 7) is 0.581. The van der Waals surface area contributed by atoms with E-state index < -0.39 is 6.09 Å². The maximum atomic E-state index is 11.5. The molecular formula is C13H16N2O3. The molecule has 5 nitrogen and oxygen atoms in total. The van der Waals surface area contributed by atoms with Gasteiger partial charge in [-0.3, -0.25) is 0 Å². The summed E-state index contributed by atoms with van der Waals surface area (Å²) in [4.78, 5) is 12.9. The van der Waals surface area contributed by atoms with Crippen molar-refractivity contribution in [3.63, 3.8) is 0 Å². The first-order valence-electron chi connectivity index (χ1n) is 5.55. The maximum Gasteiger partial charge on any atom is 0.409 e. The Kier molecular flexibility index (Phi) is 5.52. The Bertz CT molecular complexity index is 423. The predicted molar refractivity (Wildman–Crippen MR) is 66.0 cm³/mol. The Morgan fingerprint density at radius 2 is 2.06 bits per heavy atom. The maximum absolute atomic E-state index is 11.5. The molecule has 1 amide bonds. The van der Waals surface area contributed by atoms with Crippen LogP contribution in [0.2, 0.25) is 0 Å². The fourth-order valence-corrected chi connectivity index (χ4v) is 1.29. The zero-order chi connectivity index (χ0) is 13.4. The van der Waals surface area contributed by atoms with E-state index >= 15 is 0 Å². The summed E-state index contributed by atoms with van der Waals surface area (Å²) in [5.74, 6) is 0.760. The van der Waals surface area contributed by atoms with E-state index in [0.29, 0.717) is 13.0 Å². The van der Waals surface area contributed by atoms with Crippen LogP contribution < -0.4 is 4.74 Å². The van der Waals surface area contributed by atoms with E-state index in [4.69, 9.17) is 14.7 Å². The SMILES string of the molecule is COc1ccc(COC(=O)N(C)CCC#N)cc1. The molecule has 1 rings (SSSR count). The van der Waals surface area contributed by atoms with Gasteiger partial charge in [0.05, 0.1) is 19.6 Å². The van der Waals surface area contributed by atoms with Crippen molar-refractivity contribution in [2.24, 2.45) is 0 Å². The fourth-order valence-electron chi connectivity index (χ4n) is 1.29. The van der Waals surface area contributed by atoms with Crippen LogP contribution in [0.1, 0.15) is 12.0 Å². The van der Waals surface area contributed by atoms with Crippen LogP contribution >= 0.6 is 0 Å². The van der Waals surface area contributed by atoms with Crippen molar-refractivity contribution in [2.45, 2.75) is 13.0 Å². The third-order valence-corrected chi connectivity index (χ3v) is 2.39. The highest BCUT2D eigenvalue weighted by Gasteiger charge is 2.09. The van der Waals surface area contributed by atoms with Gasteiger partial charge in [-0.1, -0.05) is 12.1 Å². The molecule has 96 valence electrons. The lowest BCUT2D eigenvalue weighted by Crippen LogP contribution is -2.28. The molecule has 5 heteroatoms. The van der Waals surface area contributed by atoms with Crippen LogP contribution in [-0.4, -0.2) is 31.7 Å². The molecule has 0 spiro atoms. The van der Waals surface area contributed by atoms with E-state index in [1.54, 1.807) is 14.2 Å². The Hall–Kier alpha value is -2.22. The van der Waals surface area contributed by atoms with Crippen molar-refractivity contribution in [1.29, 1.82) is 5.26 Å². The van der Waals surface area contributed by atoms with Crippen molar-refractivity contribution < 1.29 is 14.3 Å². The lowest BCUT2D eigenvalue weighted by atomic mass is 10.2. The van der Waals surface area contributed by atoms with Gasteiger partial charge in [-0.2, -0.15) is 5.26 Å². The first kappa shape index (κ1) is 13.8. The molecule has 0 unspecified atom stereocenters. The van der Waals surface area contributed by atoms with Gasteiger partial charge in [-0.15, -0.1) is 0 Å². The topological polar surface area (TPSA) is 62.6 Å². The van der Waals surface area contributed by atoms with E-state index in [2.05, 4.69) is 0 Å². The normalized spacial score (nSPS) is 9.39. The molecule has 0 heterocycles. The molecule has 0 radical (unpaired) electrons. The molecule has 0 aliphatic rings. The van der Waals surface area contributed by atoms with Crippen molar-refractivity contribution in [1.82, 2.24) is 4.90 Å². The second kappa shape index (κ2) is 7.17. The Morgan fingerprint density at radius 1 is 1.39 bits per heavy atom. The fraction of sp³-hybridized carbons (Fsp3) is 0.385. The number of nitriles is 1. The third kappa shape index (κ3) is 4.34. The van der Waals surface area contributed by atoms with Crippen LogP contribution in [0.3, 0.4) is 0 Å². The number of carbonyl (C=O) groups is 1. The number of hydrogen-bond donors (Lipinski definition) is 0. The average Bonchev–Trinajstić information content (AvgIpc) is 2.42. The van der Waals surface area contributed by atoms with Crippen molar-refractivity contribution in [2.75, 3.05) is 20.7 Å². The molecule has 1 aromatic rings. The summed E-state index contributed by atoms with van der Waals surface area (Å²) in [7, 11) is 3.20. The van der Waals surface area contributed by atoms with E-state index in [-0.39, 0.29) is 6.61 Å². The number of benzene rings is 1. The van der Waals surface area contributed by atoms with Crippen molar-refractivity contribution >= 4 is 6.09 Å². The highest BCUT2D eigenvalue weighted by Crippen LogP contribution is 2.12. The summed E-state index contributed by atoms with van der Waals surface area (Å²) >= 11 is 0. The molecule has 0 saturated carbocycles. The molecule has 0 N–H and O–H groups in total. The smallest absolute Gasteiger partial charge is 0.409 e. The Balaban J connectivity index is 2.39. The molecule has 0 bridgehead atoms. The van der Waals surface area contributed by atoms with Gasteiger partial charge in [0, 0.05) is 13.6 Å². The summed E-state index contributed by atoms with van der Waals surface area (Å²) < 4.78 is 10.1. The first-order chi connectivity index (χ1) is 8.67. The van der Waals surface area contributed by atoms with E-state index in [1.807, 2.05) is 30.3 Å². The molecule has 0 aromatic heterocycles. The molecule has 0 aliphatic heterocycles. The van der Waals surface area contributed by atoms with Crippen molar-refractivity contribution in [3.05, 3.63) is 29.8 Å². The monoisotopic (exact) mass is 248 g/mol. The van der Waals surface area contributed by atoms with Crippen LogP contribution in [0.25, 0.3) is 0 Å². The largest absolute Gasteiger partial charge is 0.497 e. The van der Waals surface area contributed by atoms with Gasteiger partial charge in [0.2, 0.25) is 0 Å². The predicted octanol–water partition coefficient (Wildman–Crippen LogP) is 2.18. The van der Waals surface area contributed by atoms with Gasteiger partial charge in [0.1, 0.15) is 12.4 Å². The summed E-state index contributed by atoms with van der Waals surface area (Å²) in [5, 5.41) is 8.41. The number of rotatable bonds is 5. The molecule has 0 saturated heterocycles. The number of nitrogens with zero attached hydrogens (tertiary/aromatic N) is 2. The lowest BCUT2D eigenvalue weighted by molar-refractivity contribution is 0.105. The Morgan fingerprint density at radius 3 is 2.61 bits per heavy atom. The van der Waals surface area contributed by atoms with Gasteiger partial charge in [0.15, 0.2) is 0 Å². The highest BCUT2D eigenvalue weighted by atomic mass is 16.6. The zero-order valence-corrected chi connectivity index (χ0v) is 10.5. The molecule has 1 aromatic carbocycles. The molecule has 18 heavy (non-hydrogen) atoms. The van der Waals surface area contributed by atoms with Crippen LogP contribution in [0.15, 0.2) is 24.3 Å². The quantitative estimate of drug-likeness (QED) is 0.801. The van der Waals surface area contributed by atoms with Crippen LogP contribution in [0.5, 0.6) is 5.75 Å². The van der Waals surface area contributed by atoms with E-state index in [9.17, 15) is 4.79 Å². The number of hydrogen-bond acceptors (Lipinski definition) is 4. The van der Waals surface area contributed by atoms with E-state index in [1.165, 1.54) is 4.90 Å². The summed E-state index contributed by atoms with van der Waals surface area (Å²) in [5.41, 5.74) is 0.887. The van der Waals surface area contributed by atoms with Crippen LogP contribution in [-0.2, 0) is 11.3 Å². The zero-order valence-electron chi connectivity index (χ0n) is 10.5. The minimum absolute atomic E-state index is 0.208. The molecule has 0 fully saturated rings. The first-order valence-corrected chi connectivity index (χ1v) is 5.55. The van der Waals surface area contributed by atoms with Crippen molar-refractivity contribution in [3.8, 4) is 11.8 Å². The highest BCUT2D eigenvalue weighted by molar-refractivity contribution is 5.67. The van der Waals surface area contributed by atoms with E-state index in [0.717, 1.165) is 11.3 Å². The third-order valence-electron chi connectivity index (χ3n) is 2.39. The van der Waals surface area contributed by atoms with Gasteiger partial charge in [-0.05, 0) is 17.7 Å². The minimum atomic E-state index is -0.430. The number of carbonyl (C=O) groups excluding carboxylic acids is 1. The summed E-state index contributed by atoms with van der Waals surface area (Å²) in [6, 6.07) is 9.26. The number of ether oxygens (including phenoxy) is 2. The van der Waals surface area contributed by atoms with Gasteiger partial charge >= 0.3 is 6.09 Å². The van der Waals surface area contributed by atoms with Crippen LogP contribution in [0.4, 0.5) is 4.79 Å². The summed E-state index contributed by atoms with van der Waals surface area (Å²) in [6.07, 6.45) is -0.130. The van der Waals surface area contributed by atoms with Gasteiger partial charge in [0.25, 0.3) is 0 Å². The minimum Gasteiger partial charge on any atom is -0.497 e. The van der Waals surface area contributed by atoms with Crippen LogP contribution in [0, 0.1) is 11.3 Å². The molecular weight excluding hydrogens is 232 g/mol. The molecule has 0 atom stereocenters. The number of methoxy groups -OCH3 is 1. The Labute approximate surface area is 107 Å². The second-order valence-electron chi connectivity index (χ2n) is 3.73. The average molecular weight is 248 g/mol. The van der Waals surface area contributed by atoms with Gasteiger partial charge in [-0.25, -0.2) is 4.79 Å². The molecule has 0 aliphatic carbocycles. The second-order valence-corrected chi connectivity index (χ2v) is 3.73. The standard InChI is InChI=1S/C13H16N2O3/c1-15(9-3-8-14)13(16)18-10-11-4-6-12(17-2)7-5-11/h4-7H,3,9-10H2,1-2H3. The lowest BCUT2D eigenvalue weighted by Gasteiger charge is -2.15. The van der Waals surface area contributed by atoms with Gasteiger partial charge < -0.3 is 14.4 Å². The number of amides is 1.